The molecule has 0 unspecified atom stereocenters. The zero-order valence-electron chi connectivity index (χ0n) is 14.3. The average molecular weight is 364 g/mol. The standard InChI is InChI=1S/C20H18ClN5/c21-15-8-9-17-16(12-15)19(14-6-2-1-3-7-14)22-13-18-23-24-20(26(17)18)25-10-4-5-11-25/h1-3,6-9,12H,4-5,10-11,13H2. The quantitative estimate of drug-likeness (QED) is 0.694. The second-order valence-electron chi connectivity index (χ2n) is 6.64. The van der Waals surface area contributed by atoms with E-state index >= 15 is 0 Å². The Hall–Kier alpha value is -2.66. The summed E-state index contributed by atoms with van der Waals surface area (Å²) in [5.74, 6) is 1.77. The Bertz CT molecular complexity index is 987. The van der Waals surface area contributed by atoms with E-state index in [1.807, 2.05) is 36.4 Å². The van der Waals surface area contributed by atoms with Crippen LogP contribution in [0.5, 0.6) is 0 Å². The van der Waals surface area contributed by atoms with E-state index in [9.17, 15) is 0 Å². The van der Waals surface area contributed by atoms with E-state index in [1.54, 1.807) is 0 Å². The Kier molecular flexibility index (Phi) is 3.75. The van der Waals surface area contributed by atoms with E-state index in [0.29, 0.717) is 11.6 Å². The van der Waals surface area contributed by atoms with E-state index in [0.717, 1.165) is 47.4 Å². The lowest BCUT2D eigenvalue weighted by Gasteiger charge is -2.19. The highest BCUT2D eigenvalue weighted by molar-refractivity contribution is 6.31. The van der Waals surface area contributed by atoms with Crippen LogP contribution in [0.2, 0.25) is 5.02 Å². The molecule has 5 rings (SSSR count). The number of hydrogen-bond acceptors (Lipinski definition) is 4. The zero-order chi connectivity index (χ0) is 17.5. The van der Waals surface area contributed by atoms with Gasteiger partial charge in [-0.25, -0.2) is 0 Å². The predicted molar refractivity (Wildman–Crippen MR) is 104 cm³/mol. The summed E-state index contributed by atoms with van der Waals surface area (Å²) in [7, 11) is 0. The van der Waals surface area contributed by atoms with Crippen LogP contribution in [0.4, 0.5) is 5.95 Å². The fraction of sp³-hybridized carbons (Fsp3) is 0.250. The van der Waals surface area contributed by atoms with Gasteiger partial charge < -0.3 is 4.90 Å². The third kappa shape index (κ3) is 2.51. The van der Waals surface area contributed by atoms with Crippen LogP contribution < -0.4 is 4.90 Å². The summed E-state index contributed by atoms with van der Waals surface area (Å²) < 4.78 is 2.15. The van der Waals surface area contributed by atoms with Crippen molar-refractivity contribution in [3.63, 3.8) is 0 Å². The van der Waals surface area contributed by atoms with Crippen molar-refractivity contribution in [3.05, 3.63) is 70.5 Å². The maximum atomic E-state index is 6.34. The van der Waals surface area contributed by atoms with E-state index < -0.39 is 0 Å². The van der Waals surface area contributed by atoms with Crippen LogP contribution in [-0.4, -0.2) is 33.6 Å². The van der Waals surface area contributed by atoms with Crippen LogP contribution in [0.25, 0.3) is 5.69 Å². The van der Waals surface area contributed by atoms with Gasteiger partial charge >= 0.3 is 0 Å². The Balaban J connectivity index is 1.72. The second kappa shape index (κ2) is 6.25. The molecule has 2 aliphatic heterocycles. The lowest BCUT2D eigenvalue weighted by Crippen LogP contribution is -2.22. The summed E-state index contributed by atoms with van der Waals surface area (Å²) in [4.78, 5) is 7.18. The van der Waals surface area contributed by atoms with Crippen LogP contribution in [0.15, 0.2) is 53.5 Å². The topological polar surface area (TPSA) is 46.3 Å². The molecule has 6 heteroatoms. The van der Waals surface area contributed by atoms with E-state index in [-0.39, 0.29) is 0 Å². The molecule has 26 heavy (non-hydrogen) atoms. The SMILES string of the molecule is Clc1ccc2c(c1)C(c1ccccc1)=NCc1nnc(N3CCCC3)n1-2. The highest BCUT2D eigenvalue weighted by Gasteiger charge is 2.26. The van der Waals surface area contributed by atoms with Crippen molar-refractivity contribution < 1.29 is 0 Å². The molecule has 0 atom stereocenters. The van der Waals surface area contributed by atoms with Crippen molar-refractivity contribution in [2.75, 3.05) is 18.0 Å². The number of aromatic nitrogens is 3. The van der Waals surface area contributed by atoms with Gasteiger partial charge in [-0.2, -0.15) is 0 Å². The van der Waals surface area contributed by atoms with Crippen molar-refractivity contribution in [1.29, 1.82) is 0 Å². The van der Waals surface area contributed by atoms with E-state index in [2.05, 4.69) is 31.8 Å². The molecule has 130 valence electrons. The fourth-order valence-electron chi connectivity index (χ4n) is 3.75. The molecule has 0 amide bonds. The molecule has 1 fully saturated rings. The van der Waals surface area contributed by atoms with Crippen molar-refractivity contribution in [2.24, 2.45) is 4.99 Å². The Morgan fingerprint density at radius 3 is 2.54 bits per heavy atom. The van der Waals surface area contributed by atoms with Gasteiger partial charge in [0.15, 0.2) is 5.82 Å². The summed E-state index contributed by atoms with van der Waals surface area (Å²) >= 11 is 6.34. The second-order valence-corrected chi connectivity index (χ2v) is 7.07. The number of anilines is 1. The number of fused-ring (bicyclic) bond motifs is 3. The third-order valence-corrected chi connectivity index (χ3v) is 5.22. The molecule has 3 aromatic rings. The summed E-state index contributed by atoms with van der Waals surface area (Å²) in [6.07, 6.45) is 2.39. The van der Waals surface area contributed by atoms with Gasteiger partial charge in [0.25, 0.3) is 0 Å². The van der Waals surface area contributed by atoms with Gasteiger partial charge in [0.2, 0.25) is 5.95 Å². The molecule has 0 saturated carbocycles. The van der Waals surface area contributed by atoms with E-state index in [4.69, 9.17) is 16.6 Å². The normalized spacial score (nSPS) is 16.0. The molecule has 0 aliphatic carbocycles. The van der Waals surface area contributed by atoms with Crippen molar-refractivity contribution in [3.8, 4) is 5.69 Å². The third-order valence-electron chi connectivity index (χ3n) is 4.98. The van der Waals surface area contributed by atoms with Crippen molar-refractivity contribution in [2.45, 2.75) is 19.4 Å². The minimum atomic E-state index is 0.497. The fourth-order valence-corrected chi connectivity index (χ4v) is 3.92. The summed E-state index contributed by atoms with van der Waals surface area (Å²) in [6, 6.07) is 16.2. The smallest absolute Gasteiger partial charge is 0.231 e. The first-order valence-corrected chi connectivity index (χ1v) is 9.28. The average Bonchev–Trinajstić information content (AvgIpc) is 3.30. The van der Waals surface area contributed by atoms with Gasteiger partial charge in [-0.05, 0) is 31.0 Å². The molecule has 0 spiro atoms. The largest absolute Gasteiger partial charge is 0.341 e. The Morgan fingerprint density at radius 1 is 0.923 bits per heavy atom. The molecule has 1 aromatic heterocycles. The number of aliphatic imine (C=N–C) groups is 1. The van der Waals surface area contributed by atoms with Gasteiger partial charge in [-0.15, -0.1) is 10.2 Å². The molecular formula is C20H18ClN5. The molecule has 0 bridgehead atoms. The minimum Gasteiger partial charge on any atom is -0.341 e. The highest BCUT2D eigenvalue weighted by atomic mass is 35.5. The summed E-state index contributed by atoms with van der Waals surface area (Å²) in [5, 5.41) is 9.62. The first-order chi connectivity index (χ1) is 12.8. The van der Waals surface area contributed by atoms with Crippen LogP contribution >= 0.6 is 11.6 Å². The van der Waals surface area contributed by atoms with Crippen LogP contribution in [-0.2, 0) is 6.54 Å². The molecular weight excluding hydrogens is 346 g/mol. The molecule has 1 saturated heterocycles. The zero-order valence-corrected chi connectivity index (χ0v) is 15.0. The molecule has 0 radical (unpaired) electrons. The molecule has 5 nitrogen and oxygen atoms in total. The first kappa shape index (κ1) is 15.6. The number of nitrogens with zero attached hydrogens (tertiary/aromatic N) is 5. The maximum absolute atomic E-state index is 6.34. The number of rotatable bonds is 2. The van der Waals surface area contributed by atoms with Crippen molar-refractivity contribution >= 4 is 23.3 Å². The van der Waals surface area contributed by atoms with Crippen molar-refractivity contribution in [1.82, 2.24) is 14.8 Å². The minimum absolute atomic E-state index is 0.497. The Labute approximate surface area is 157 Å². The summed E-state index contributed by atoms with van der Waals surface area (Å²) in [6.45, 7) is 2.54. The monoisotopic (exact) mass is 363 g/mol. The van der Waals surface area contributed by atoms with Gasteiger partial charge in [0.05, 0.1) is 11.4 Å². The lowest BCUT2D eigenvalue weighted by atomic mass is 10.0. The molecule has 0 N–H and O–H groups in total. The molecule has 2 aliphatic rings. The lowest BCUT2D eigenvalue weighted by molar-refractivity contribution is 0.843. The van der Waals surface area contributed by atoms with Gasteiger partial charge in [0.1, 0.15) is 6.54 Å². The Morgan fingerprint density at radius 2 is 1.73 bits per heavy atom. The highest BCUT2D eigenvalue weighted by Crippen LogP contribution is 2.31. The summed E-state index contributed by atoms with van der Waals surface area (Å²) in [5.41, 5.74) is 4.08. The van der Waals surface area contributed by atoms with Gasteiger partial charge in [0, 0.05) is 29.2 Å². The van der Waals surface area contributed by atoms with Crippen LogP contribution in [0.1, 0.15) is 29.8 Å². The first-order valence-electron chi connectivity index (χ1n) is 8.91. The number of benzene rings is 2. The molecule has 2 aromatic carbocycles. The van der Waals surface area contributed by atoms with E-state index in [1.165, 1.54) is 12.8 Å². The molecule has 3 heterocycles. The number of halogens is 1. The van der Waals surface area contributed by atoms with Gasteiger partial charge in [-0.1, -0.05) is 41.9 Å². The van der Waals surface area contributed by atoms with Gasteiger partial charge in [-0.3, -0.25) is 9.56 Å². The van der Waals surface area contributed by atoms with Crippen LogP contribution in [0.3, 0.4) is 0 Å². The predicted octanol–water partition coefficient (Wildman–Crippen LogP) is 3.87. The van der Waals surface area contributed by atoms with Crippen LogP contribution in [0, 0.1) is 0 Å². The number of hydrogen-bond donors (Lipinski definition) is 0. The maximum Gasteiger partial charge on any atom is 0.231 e.